The molecule has 0 radical (unpaired) electrons. The van der Waals surface area contributed by atoms with E-state index in [1.807, 2.05) is 27.7 Å². The number of thiazole rings is 1. The second-order valence-corrected chi connectivity index (χ2v) is 12.2. The molecule has 0 aliphatic heterocycles. The van der Waals surface area contributed by atoms with Gasteiger partial charge in [-0.25, -0.2) is 15.0 Å². The maximum atomic E-state index is 13.3. The number of fused-ring (bicyclic) bond motifs is 3. The summed E-state index contributed by atoms with van der Waals surface area (Å²) in [7, 11) is 0. The summed E-state index contributed by atoms with van der Waals surface area (Å²) in [5.41, 5.74) is 9.72. The number of carbonyl (C=O) groups excluding carboxylic acids is 3. The first-order valence-corrected chi connectivity index (χ1v) is 13.3. The van der Waals surface area contributed by atoms with Crippen molar-refractivity contribution in [1.29, 1.82) is 0 Å². The van der Waals surface area contributed by atoms with Crippen LogP contribution >= 0.6 is 11.3 Å². The molecular formula is C27H33N7O3S. The van der Waals surface area contributed by atoms with Gasteiger partial charge in [0.1, 0.15) is 16.4 Å². The van der Waals surface area contributed by atoms with Crippen molar-refractivity contribution in [3.05, 3.63) is 50.7 Å². The molecule has 4 N–H and O–H groups in total. The topological polar surface area (TPSA) is 157 Å². The molecule has 3 heterocycles. The number of rotatable bonds is 9. The number of nitrogens with one attached hydrogen (secondary N) is 2. The number of aromatic amines is 1. The highest BCUT2D eigenvalue weighted by atomic mass is 32.1. The average molecular weight is 536 g/mol. The molecule has 200 valence electrons. The highest BCUT2D eigenvalue weighted by molar-refractivity contribution is 7.09. The molecule has 0 bridgehead atoms. The van der Waals surface area contributed by atoms with Crippen molar-refractivity contribution in [2.45, 2.75) is 78.2 Å². The number of anilines is 1. The van der Waals surface area contributed by atoms with Crippen LogP contribution in [-0.4, -0.2) is 48.2 Å². The Labute approximate surface area is 225 Å². The third-order valence-corrected chi connectivity index (χ3v) is 7.16. The van der Waals surface area contributed by atoms with Crippen molar-refractivity contribution >= 4 is 34.8 Å². The van der Waals surface area contributed by atoms with Crippen LogP contribution in [-0.2, 0) is 34.3 Å². The van der Waals surface area contributed by atoms with Crippen LogP contribution in [0.15, 0.2) is 23.2 Å². The predicted molar refractivity (Wildman–Crippen MR) is 146 cm³/mol. The van der Waals surface area contributed by atoms with Crippen molar-refractivity contribution in [3.63, 3.8) is 0 Å². The Balaban J connectivity index is 1.44. The fourth-order valence-electron chi connectivity index (χ4n) is 4.87. The van der Waals surface area contributed by atoms with Crippen molar-refractivity contribution in [2.24, 2.45) is 0 Å². The lowest BCUT2D eigenvalue weighted by molar-refractivity contribution is -0.122. The molecule has 3 aromatic rings. The largest absolute Gasteiger partial charge is 0.368 e. The molecule has 0 atom stereocenters. The van der Waals surface area contributed by atoms with Gasteiger partial charge in [-0.3, -0.25) is 19.5 Å². The number of amides is 1. The van der Waals surface area contributed by atoms with Crippen molar-refractivity contribution < 1.29 is 14.4 Å². The number of nitrogen functional groups attached to an aromatic ring is 1. The number of carbonyl (C=O) groups is 3. The van der Waals surface area contributed by atoms with Crippen LogP contribution in [0.4, 0.5) is 5.95 Å². The average Bonchev–Trinajstić information content (AvgIpc) is 3.40. The van der Waals surface area contributed by atoms with E-state index in [0.717, 1.165) is 16.7 Å². The summed E-state index contributed by atoms with van der Waals surface area (Å²) in [4.78, 5) is 51.1. The second kappa shape index (κ2) is 10.2. The molecule has 1 amide bonds. The summed E-state index contributed by atoms with van der Waals surface area (Å²) in [5, 5.41) is 12.7. The zero-order valence-corrected chi connectivity index (χ0v) is 23.4. The number of hydrogen-bond acceptors (Lipinski definition) is 9. The van der Waals surface area contributed by atoms with Gasteiger partial charge in [-0.05, 0) is 51.2 Å². The van der Waals surface area contributed by atoms with Crippen LogP contribution in [0.5, 0.6) is 0 Å². The Bertz CT molecular complexity index is 1440. The maximum Gasteiger partial charge on any atom is 0.226 e. The zero-order chi connectivity index (χ0) is 27.8. The Morgan fingerprint density at radius 3 is 2.63 bits per heavy atom. The SMILES string of the molecule is CC(C)=CC(=O)CC(C)(C)NC(=O)Cc1csc(CC(=O)c2[nH]nc3c2C(C)(C)Cc2cnc(N)nc2-3)n1. The smallest absolute Gasteiger partial charge is 0.226 e. The zero-order valence-electron chi connectivity index (χ0n) is 22.6. The lowest BCUT2D eigenvalue weighted by atomic mass is 9.73. The van der Waals surface area contributed by atoms with Gasteiger partial charge < -0.3 is 11.1 Å². The number of aromatic nitrogens is 5. The van der Waals surface area contributed by atoms with Crippen LogP contribution in [0, 0.1) is 0 Å². The van der Waals surface area contributed by atoms with E-state index in [4.69, 9.17) is 5.73 Å². The van der Waals surface area contributed by atoms with Gasteiger partial charge in [-0.1, -0.05) is 19.4 Å². The van der Waals surface area contributed by atoms with Crippen molar-refractivity contribution in [1.82, 2.24) is 30.5 Å². The third-order valence-electron chi connectivity index (χ3n) is 6.26. The van der Waals surface area contributed by atoms with Crippen molar-refractivity contribution in [3.8, 4) is 11.4 Å². The maximum absolute atomic E-state index is 13.3. The number of nitrogens with zero attached hydrogens (tertiary/aromatic N) is 4. The third kappa shape index (κ3) is 6.04. The van der Waals surface area contributed by atoms with Gasteiger partial charge in [0, 0.05) is 29.1 Å². The summed E-state index contributed by atoms with van der Waals surface area (Å²) in [6.45, 7) is 11.5. The molecule has 38 heavy (non-hydrogen) atoms. The van der Waals surface area contributed by atoms with E-state index in [0.29, 0.717) is 34.2 Å². The van der Waals surface area contributed by atoms with Crippen LogP contribution in [0.2, 0.25) is 0 Å². The number of Topliss-reactive ketones (excluding diaryl/α,β-unsaturated/α-hetero) is 1. The summed E-state index contributed by atoms with van der Waals surface area (Å²) in [6.07, 6.45) is 4.30. The molecule has 1 aliphatic carbocycles. The van der Waals surface area contributed by atoms with E-state index < -0.39 is 5.54 Å². The molecule has 3 aromatic heterocycles. The van der Waals surface area contributed by atoms with Gasteiger partial charge >= 0.3 is 0 Å². The van der Waals surface area contributed by atoms with Gasteiger partial charge in [-0.15, -0.1) is 11.3 Å². The van der Waals surface area contributed by atoms with Crippen LogP contribution in [0.25, 0.3) is 11.4 Å². The van der Waals surface area contributed by atoms with Gasteiger partial charge in [-0.2, -0.15) is 5.10 Å². The molecule has 4 rings (SSSR count). The minimum atomic E-state index is -0.685. The molecule has 0 saturated carbocycles. The normalized spacial score (nSPS) is 13.8. The highest BCUT2D eigenvalue weighted by Crippen LogP contribution is 2.43. The second-order valence-electron chi connectivity index (χ2n) is 11.3. The Morgan fingerprint density at radius 1 is 1.18 bits per heavy atom. The number of H-pyrrole nitrogens is 1. The lowest BCUT2D eigenvalue weighted by Gasteiger charge is -2.30. The van der Waals surface area contributed by atoms with Crippen molar-refractivity contribution in [2.75, 3.05) is 5.73 Å². The van der Waals surface area contributed by atoms with Gasteiger partial charge in [0.15, 0.2) is 11.6 Å². The number of hydrogen-bond donors (Lipinski definition) is 3. The molecular weight excluding hydrogens is 502 g/mol. The minimum absolute atomic E-state index is 0.0340. The lowest BCUT2D eigenvalue weighted by Crippen LogP contribution is -2.45. The van der Waals surface area contributed by atoms with E-state index in [1.54, 1.807) is 17.7 Å². The van der Waals surface area contributed by atoms with E-state index in [-0.39, 0.29) is 48.1 Å². The summed E-state index contributed by atoms with van der Waals surface area (Å²) < 4.78 is 0. The Kier molecular flexibility index (Phi) is 7.33. The summed E-state index contributed by atoms with van der Waals surface area (Å²) >= 11 is 1.34. The molecule has 0 aromatic carbocycles. The number of nitrogens with two attached hydrogens (primary N) is 1. The molecule has 0 saturated heterocycles. The summed E-state index contributed by atoms with van der Waals surface area (Å²) in [6, 6.07) is 0. The van der Waals surface area contributed by atoms with Gasteiger partial charge in [0.05, 0.1) is 24.2 Å². The molecule has 10 nitrogen and oxygen atoms in total. The van der Waals surface area contributed by atoms with E-state index in [1.165, 1.54) is 11.3 Å². The number of allylic oxidation sites excluding steroid dienone is 2. The number of ketones is 2. The van der Waals surface area contributed by atoms with Gasteiger partial charge in [0.25, 0.3) is 0 Å². The predicted octanol–water partition coefficient (Wildman–Crippen LogP) is 3.53. The first-order chi connectivity index (χ1) is 17.7. The van der Waals surface area contributed by atoms with E-state index >= 15 is 0 Å². The van der Waals surface area contributed by atoms with Crippen LogP contribution in [0.1, 0.15) is 80.3 Å². The molecule has 0 unspecified atom stereocenters. The van der Waals surface area contributed by atoms with E-state index in [2.05, 4.69) is 44.3 Å². The standard InChI is InChI=1S/C27H33N7O3S/c1-14(2)7-17(35)11-27(5,6)32-19(37)8-16-13-38-20(30-16)9-18(36)23-21-24(34-33-23)22-15(10-26(21,3)4)12-29-25(28)31-22/h7,12-13H,8-11H2,1-6H3,(H,32,37)(H,33,34)(H2,28,29,31). The first kappa shape index (κ1) is 27.3. The minimum Gasteiger partial charge on any atom is -0.368 e. The Morgan fingerprint density at radius 2 is 1.92 bits per heavy atom. The fraction of sp³-hybridized carbons (Fsp3) is 0.444. The molecule has 0 fully saturated rings. The van der Waals surface area contributed by atoms with Crippen LogP contribution < -0.4 is 11.1 Å². The first-order valence-electron chi connectivity index (χ1n) is 12.4. The quantitative estimate of drug-likeness (QED) is 0.277. The van der Waals surface area contributed by atoms with E-state index in [9.17, 15) is 14.4 Å². The fourth-order valence-corrected chi connectivity index (χ4v) is 5.66. The molecule has 0 spiro atoms. The highest BCUT2D eigenvalue weighted by Gasteiger charge is 2.38. The summed E-state index contributed by atoms with van der Waals surface area (Å²) in [5.74, 6) is -0.241. The Hall–Kier alpha value is -3.73. The monoisotopic (exact) mass is 535 g/mol. The molecule has 11 heteroatoms. The molecule has 1 aliphatic rings. The van der Waals surface area contributed by atoms with Gasteiger partial charge in [0.2, 0.25) is 11.9 Å². The van der Waals surface area contributed by atoms with Crippen LogP contribution in [0.3, 0.4) is 0 Å².